The first-order valence-electron chi connectivity index (χ1n) is 9.36. The maximum atomic E-state index is 12.3. The van der Waals surface area contributed by atoms with Crippen LogP contribution in [0.15, 0.2) is 52.6 Å². The fourth-order valence-corrected chi connectivity index (χ4v) is 3.07. The fourth-order valence-electron chi connectivity index (χ4n) is 2.49. The molecule has 2 aromatic rings. The maximum Gasteiger partial charge on any atom is 0.352 e. The van der Waals surface area contributed by atoms with E-state index >= 15 is 0 Å². The number of carboxylic acid groups (broad SMARTS) is 1. The van der Waals surface area contributed by atoms with E-state index in [9.17, 15) is 14.7 Å². The molecule has 0 unspecified atom stereocenters. The fraction of sp³-hybridized carbons (Fsp3) is 0.273. The van der Waals surface area contributed by atoms with E-state index in [0.29, 0.717) is 40.3 Å². The number of carbonyl (C=O) groups is 2. The molecule has 0 radical (unpaired) electrons. The lowest BCUT2D eigenvalue weighted by molar-refractivity contribution is -0.132. The predicted molar refractivity (Wildman–Crippen MR) is 115 cm³/mol. The second-order valence-corrected chi connectivity index (χ2v) is 7.00. The van der Waals surface area contributed by atoms with Crippen LogP contribution >= 0.6 is 15.9 Å². The summed E-state index contributed by atoms with van der Waals surface area (Å²) in [6, 6.07) is 11.8. The van der Waals surface area contributed by atoms with Crippen molar-refractivity contribution in [2.45, 2.75) is 26.7 Å². The molecule has 29 heavy (non-hydrogen) atoms. The molecule has 0 heterocycles. The average Bonchev–Trinajstić information content (AvgIpc) is 2.70. The summed E-state index contributed by atoms with van der Waals surface area (Å²) in [6.07, 6.45) is 3.30. The van der Waals surface area contributed by atoms with Gasteiger partial charge in [-0.25, -0.2) is 4.79 Å². The second kappa shape index (κ2) is 11.3. The smallest absolute Gasteiger partial charge is 0.352 e. The first-order valence-corrected chi connectivity index (χ1v) is 10.2. The van der Waals surface area contributed by atoms with Crippen LogP contribution in [0, 0.1) is 0 Å². The van der Waals surface area contributed by atoms with E-state index in [-0.39, 0.29) is 5.70 Å². The molecule has 0 atom stereocenters. The zero-order chi connectivity index (χ0) is 21.2. The standard InChI is InChI=1S/C22H24BrNO5/c1-3-5-11-29-20-17(23)12-15(14-19(20)28-4-2)13-18(22(26)27)24-21(25)16-9-7-6-8-10-16/h6-10,12-14H,3-5,11H2,1-2H3,(H,24,25)(H,26,27). The van der Waals surface area contributed by atoms with Crippen LogP contribution in [0.25, 0.3) is 6.08 Å². The third kappa shape index (κ3) is 6.64. The Bertz CT molecular complexity index is 880. The largest absolute Gasteiger partial charge is 0.490 e. The van der Waals surface area contributed by atoms with E-state index in [1.54, 1.807) is 42.5 Å². The van der Waals surface area contributed by atoms with E-state index in [1.807, 2.05) is 6.92 Å². The Morgan fingerprint density at radius 1 is 1.14 bits per heavy atom. The number of carboxylic acids is 1. The van der Waals surface area contributed by atoms with Gasteiger partial charge in [0.15, 0.2) is 11.5 Å². The number of halogens is 1. The van der Waals surface area contributed by atoms with Gasteiger partial charge in [0.05, 0.1) is 17.7 Å². The van der Waals surface area contributed by atoms with Crippen LogP contribution in [0.1, 0.15) is 42.6 Å². The number of hydrogen-bond acceptors (Lipinski definition) is 4. The predicted octanol–water partition coefficient (Wildman–Crippen LogP) is 4.88. The monoisotopic (exact) mass is 461 g/mol. The summed E-state index contributed by atoms with van der Waals surface area (Å²) in [7, 11) is 0. The van der Waals surface area contributed by atoms with Gasteiger partial charge in [-0.3, -0.25) is 4.79 Å². The molecule has 6 nitrogen and oxygen atoms in total. The van der Waals surface area contributed by atoms with Gasteiger partial charge >= 0.3 is 5.97 Å². The summed E-state index contributed by atoms with van der Waals surface area (Å²) in [4.78, 5) is 24.0. The Kier molecular flexibility index (Phi) is 8.73. The van der Waals surface area contributed by atoms with Gasteiger partial charge in [-0.1, -0.05) is 31.5 Å². The maximum absolute atomic E-state index is 12.3. The molecule has 0 spiro atoms. The van der Waals surface area contributed by atoms with Crippen LogP contribution in [0.5, 0.6) is 11.5 Å². The third-order valence-corrected chi connectivity index (χ3v) is 4.49. The highest BCUT2D eigenvalue weighted by Crippen LogP contribution is 2.37. The van der Waals surface area contributed by atoms with E-state index < -0.39 is 11.9 Å². The van der Waals surface area contributed by atoms with Crippen molar-refractivity contribution in [1.82, 2.24) is 5.32 Å². The van der Waals surface area contributed by atoms with Crippen LogP contribution in [0.4, 0.5) is 0 Å². The summed E-state index contributed by atoms with van der Waals surface area (Å²) in [5.74, 6) is -0.666. The number of benzene rings is 2. The molecule has 7 heteroatoms. The highest BCUT2D eigenvalue weighted by molar-refractivity contribution is 9.10. The minimum atomic E-state index is -1.24. The van der Waals surface area contributed by atoms with Crippen molar-refractivity contribution in [2.24, 2.45) is 0 Å². The van der Waals surface area contributed by atoms with Gasteiger partial charge in [0.1, 0.15) is 5.70 Å². The number of ether oxygens (including phenoxy) is 2. The van der Waals surface area contributed by atoms with Gasteiger partial charge in [-0.15, -0.1) is 0 Å². The van der Waals surface area contributed by atoms with Crippen molar-refractivity contribution < 1.29 is 24.2 Å². The SMILES string of the molecule is CCCCOc1c(Br)cc(C=C(NC(=O)c2ccccc2)C(=O)O)cc1OCC. The molecule has 0 aliphatic carbocycles. The molecule has 2 rings (SSSR count). The summed E-state index contributed by atoms with van der Waals surface area (Å²) < 4.78 is 12.1. The Morgan fingerprint density at radius 3 is 2.48 bits per heavy atom. The quantitative estimate of drug-likeness (QED) is 0.388. The van der Waals surface area contributed by atoms with Gasteiger partial charge in [0.2, 0.25) is 0 Å². The van der Waals surface area contributed by atoms with Crippen molar-refractivity contribution >= 4 is 33.9 Å². The summed E-state index contributed by atoms with van der Waals surface area (Å²) >= 11 is 3.47. The molecule has 0 fully saturated rings. The van der Waals surface area contributed by atoms with Crippen LogP contribution in [-0.2, 0) is 4.79 Å². The van der Waals surface area contributed by atoms with Crippen LogP contribution in [-0.4, -0.2) is 30.2 Å². The first-order chi connectivity index (χ1) is 14.0. The van der Waals surface area contributed by atoms with Gasteiger partial charge in [0.25, 0.3) is 5.91 Å². The number of hydrogen-bond donors (Lipinski definition) is 2. The van der Waals surface area contributed by atoms with Crippen LogP contribution in [0.3, 0.4) is 0 Å². The topological polar surface area (TPSA) is 84.9 Å². The summed E-state index contributed by atoms with van der Waals surface area (Å²) in [5.41, 5.74) is 0.678. The van der Waals surface area contributed by atoms with E-state index in [1.165, 1.54) is 6.08 Å². The Balaban J connectivity index is 2.32. The molecule has 0 saturated carbocycles. The average molecular weight is 462 g/mol. The van der Waals surface area contributed by atoms with Crippen molar-refractivity contribution in [3.05, 3.63) is 63.8 Å². The number of aliphatic carboxylic acids is 1. The van der Waals surface area contributed by atoms with Crippen molar-refractivity contribution in [2.75, 3.05) is 13.2 Å². The van der Waals surface area contributed by atoms with Gasteiger partial charge < -0.3 is 19.9 Å². The first kappa shape index (κ1) is 22.5. The zero-order valence-electron chi connectivity index (χ0n) is 16.4. The number of amides is 1. The minimum absolute atomic E-state index is 0.243. The van der Waals surface area contributed by atoms with Crippen LogP contribution in [0.2, 0.25) is 0 Å². The lowest BCUT2D eigenvalue weighted by Crippen LogP contribution is -2.27. The molecule has 154 valence electrons. The molecule has 0 saturated heterocycles. The molecule has 0 aromatic heterocycles. The summed E-state index contributed by atoms with van der Waals surface area (Å²) in [5, 5.41) is 12.0. The molecule has 0 bridgehead atoms. The van der Waals surface area contributed by atoms with Gasteiger partial charge in [-0.2, -0.15) is 0 Å². The second-order valence-electron chi connectivity index (χ2n) is 6.15. The molecule has 2 N–H and O–H groups in total. The Labute approximate surface area is 178 Å². The third-order valence-electron chi connectivity index (χ3n) is 3.90. The lowest BCUT2D eigenvalue weighted by atomic mass is 10.1. The minimum Gasteiger partial charge on any atom is -0.490 e. The van der Waals surface area contributed by atoms with E-state index in [0.717, 1.165) is 12.8 Å². The zero-order valence-corrected chi connectivity index (χ0v) is 18.0. The molecule has 2 aromatic carbocycles. The van der Waals surface area contributed by atoms with E-state index in [4.69, 9.17) is 9.47 Å². The number of carbonyl (C=O) groups excluding carboxylic acids is 1. The molecular formula is C22H24BrNO5. The lowest BCUT2D eigenvalue weighted by Gasteiger charge is -2.15. The van der Waals surface area contributed by atoms with Crippen molar-refractivity contribution in [3.8, 4) is 11.5 Å². The summed E-state index contributed by atoms with van der Waals surface area (Å²) in [6.45, 7) is 4.92. The van der Waals surface area contributed by atoms with Crippen molar-refractivity contribution in [1.29, 1.82) is 0 Å². The number of unbranched alkanes of at least 4 members (excludes halogenated alkanes) is 1. The number of rotatable bonds is 10. The van der Waals surface area contributed by atoms with Crippen molar-refractivity contribution in [3.63, 3.8) is 0 Å². The Hall–Kier alpha value is -2.80. The van der Waals surface area contributed by atoms with E-state index in [2.05, 4.69) is 28.2 Å². The molecule has 0 aliphatic rings. The molecule has 0 aliphatic heterocycles. The molecular weight excluding hydrogens is 438 g/mol. The van der Waals surface area contributed by atoms with Gasteiger partial charge in [0, 0.05) is 5.56 Å². The Morgan fingerprint density at radius 2 is 1.86 bits per heavy atom. The highest BCUT2D eigenvalue weighted by atomic mass is 79.9. The highest BCUT2D eigenvalue weighted by Gasteiger charge is 2.16. The normalized spacial score (nSPS) is 11.1. The number of nitrogens with one attached hydrogen (secondary N) is 1. The molecule has 1 amide bonds. The van der Waals surface area contributed by atoms with Gasteiger partial charge in [-0.05, 0) is 65.2 Å². The van der Waals surface area contributed by atoms with Crippen LogP contribution < -0.4 is 14.8 Å².